The number of nitrogens with one attached hydrogen (secondary N) is 1. The SMILES string of the molecule is CCOC(=O)NC(C)c1ccc(OCC(F)(F)F)nc1. The number of carbonyl (C=O) groups excluding carboxylic acids is 1. The molecule has 0 aliphatic carbocycles. The van der Waals surface area contributed by atoms with Gasteiger partial charge in [-0.15, -0.1) is 0 Å². The fourth-order valence-corrected chi connectivity index (χ4v) is 1.32. The number of carbonyl (C=O) groups is 1. The second-order valence-corrected chi connectivity index (χ2v) is 3.92. The molecule has 5 nitrogen and oxygen atoms in total. The maximum atomic E-state index is 12.0. The minimum atomic E-state index is -4.40. The number of ether oxygens (including phenoxy) is 2. The third kappa shape index (κ3) is 5.77. The summed E-state index contributed by atoms with van der Waals surface area (Å²) in [4.78, 5) is 14.9. The van der Waals surface area contributed by atoms with E-state index in [-0.39, 0.29) is 18.5 Å². The van der Waals surface area contributed by atoms with Crippen LogP contribution in [-0.2, 0) is 4.74 Å². The largest absolute Gasteiger partial charge is 0.468 e. The van der Waals surface area contributed by atoms with E-state index in [0.29, 0.717) is 5.56 Å². The van der Waals surface area contributed by atoms with Crippen LogP contribution in [0.3, 0.4) is 0 Å². The van der Waals surface area contributed by atoms with Gasteiger partial charge in [-0.25, -0.2) is 9.78 Å². The van der Waals surface area contributed by atoms with Crippen molar-refractivity contribution < 1.29 is 27.4 Å². The Labute approximate surface area is 114 Å². The summed E-state index contributed by atoms with van der Waals surface area (Å²) in [5.41, 5.74) is 0.623. The summed E-state index contributed by atoms with van der Waals surface area (Å²) in [5, 5.41) is 2.55. The van der Waals surface area contributed by atoms with Gasteiger partial charge in [0.1, 0.15) is 0 Å². The minimum absolute atomic E-state index is 0.130. The molecule has 1 amide bonds. The van der Waals surface area contributed by atoms with E-state index >= 15 is 0 Å². The molecule has 1 aromatic heterocycles. The monoisotopic (exact) mass is 292 g/mol. The Balaban J connectivity index is 2.55. The zero-order valence-corrected chi connectivity index (χ0v) is 11.0. The Kier molecular flexibility index (Phi) is 5.60. The first kappa shape index (κ1) is 16.1. The molecule has 0 fully saturated rings. The first-order valence-corrected chi connectivity index (χ1v) is 5.90. The van der Waals surface area contributed by atoms with Gasteiger partial charge in [0.2, 0.25) is 5.88 Å². The van der Waals surface area contributed by atoms with Crippen LogP contribution in [0.1, 0.15) is 25.5 Å². The Bertz CT molecular complexity index is 435. The molecule has 0 spiro atoms. The highest BCUT2D eigenvalue weighted by Crippen LogP contribution is 2.18. The van der Waals surface area contributed by atoms with Crippen molar-refractivity contribution in [3.05, 3.63) is 23.9 Å². The standard InChI is InChI=1S/C12H15F3N2O3/c1-3-19-11(18)17-8(2)9-4-5-10(16-6-9)20-7-12(13,14)15/h4-6,8H,3,7H2,1-2H3,(H,17,18). The average molecular weight is 292 g/mol. The third-order valence-corrected chi connectivity index (χ3v) is 2.25. The van der Waals surface area contributed by atoms with Crippen molar-refractivity contribution in [2.75, 3.05) is 13.2 Å². The van der Waals surface area contributed by atoms with Crippen LogP contribution in [0.5, 0.6) is 5.88 Å². The fraction of sp³-hybridized carbons (Fsp3) is 0.500. The van der Waals surface area contributed by atoms with E-state index in [1.54, 1.807) is 13.8 Å². The molecular formula is C12H15F3N2O3. The van der Waals surface area contributed by atoms with Gasteiger partial charge < -0.3 is 14.8 Å². The number of nitrogens with zero attached hydrogens (tertiary/aromatic N) is 1. The number of halogens is 3. The van der Waals surface area contributed by atoms with Gasteiger partial charge in [0.05, 0.1) is 12.6 Å². The number of hydrogen-bond donors (Lipinski definition) is 1. The molecule has 20 heavy (non-hydrogen) atoms. The number of hydrogen-bond acceptors (Lipinski definition) is 4. The molecule has 0 radical (unpaired) electrons. The van der Waals surface area contributed by atoms with Crippen LogP contribution < -0.4 is 10.1 Å². The predicted octanol–water partition coefficient (Wildman–Crippen LogP) is 2.83. The quantitative estimate of drug-likeness (QED) is 0.906. The summed E-state index contributed by atoms with van der Waals surface area (Å²) in [6.07, 6.45) is -3.64. The van der Waals surface area contributed by atoms with Crippen molar-refractivity contribution in [1.82, 2.24) is 10.3 Å². The smallest absolute Gasteiger partial charge is 0.422 e. The molecule has 0 aromatic carbocycles. The molecular weight excluding hydrogens is 277 g/mol. The minimum Gasteiger partial charge on any atom is -0.468 e. The lowest BCUT2D eigenvalue weighted by Gasteiger charge is -2.14. The molecule has 1 heterocycles. The Morgan fingerprint density at radius 1 is 1.45 bits per heavy atom. The van der Waals surface area contributed by atoms with Crippen LogP contribution in [0.15, 0.2) is 18.3 Å². The van der Waals surface area contributed by atoms with Gasteiger partial charge in [-0.05, 0) is 19.4 Å². The van der Waals surface area contributed by atoms with Crippen LogP contribution in [0, 0.1) is 0 Å². The number of rotatable bonds is 5. The predicted molar refractivity (Wildman–Crippen MR) is 64.4 cm³/mol. The summed E-state index contributed by atoms with van der Waals surface area (Å²) in [5.74, 6) is -0.130. The van der Waals surface area contributed by atoms with Crippen LogP contribution in [0.25, 0.3) is 0 Å². The Hall–Kier alpha value is -1.99. The van der Waals surface area contributed by atoms with Gasteiger partial charge in [-0.2, -0.15) is 13.2 Å². The summed E-state index contributed by atoms with van der Waals surface area (Å²) >= 11 is 0. The first-order chi connectivity index (χ1) is 9.31. The van der Waals surface area contributed by atoms with E-state index < -0.39 is 18.9 Å². The summed E-state index contributed by atoms with van der Waals surface area (Å²) in [6.45, 7) is 2.24. The van der Waals surface area contributed by atoms with E-state index in [1.165, 1.54) is 18.3 Å². The summed E-state index contributed by atoms with van der Waals surface area (Å²) < 4.78 is 45.0. The number of amides is 1. The second kappa shape index (κ2) is 6.97. The fourth-order valence-electron chi connectivity index (χ4n) is 1.32. The van der Waals surface area contributed by atoms with E-state index in [4.69, 9.17) is 4.74 Å². The van der Waals surface area contributed by atoms with E-state index in [0.717, 1.165) is 0 Å². The van der Waals surface area contributed by atoms with Gasteiger partial charge in [0, 0.05) is 12.3 Å². The molecule has 1 rings (SSSR count). The lowest BCUT2D eigenvalue weighted by atomic mass is 10.1. The first-order valence-electron chi connectivity index (χ1n) is 5.90. The van der Waals surface area contributed by atoms with Crippen LogP contribution in [0.2, 0.25) is 0 Å². The summed E-state index contributed by atoms with van der Waals surface area (Å²) in [6, 6.07) is 2.46. The summed E-state index contributed by atoms with van der Waals surface area (Å²) in [7, 11) is 0. The normalized spacial score (nSPS) is 12.7. The van der Waals surface area contributed by atoms with Crippen molar-refractivity contribution in [3.8, 4) is 5.88 Å². The molecule has 1 unspecified atom stereocenters. The zero-order valence-electron chi connectivity index (χ0n) is 11.0. The van der Waals surface area contributed by atoms with Gasteiger partial charge >= 0.3 is 12.3 Å². The zero-order chi connectivity index (χ0) is 15.2. The van der Waals surface area contributed by atoms with Crippen molar-refractivity contribution in [2.45, 2.75) is 26.1 Å². The maximum Gasteiger partial charge on any atom is 0.422 e. The highest BCUT2D eigenvalue weighted by Gasteiger charge is 2.28. The number of aromatic nitrogens is 1. The molecule has 1 N–H and O–H groups in total. The van der Waals surface area contributed by atoms with Crippen LogP contribution in [-0.4, -0.2) is 30.5 Å². The Morgan fingerprint density at radius 3 is 2.65 bits per heavy atom. The average Bonchev–Trinajstić information content (AvgIpc) is 2.36. The van der Waals surface area contributed by atoms with Crippen molar-refractivity contribution in [1.29, 1.82) is 0 Å². The lowest BCUT2D eigenvalue weighted by Crippen LogP contribution is -2.27. The van der Waals surface area contributed by atoms with Gasteiger partial charge in [-0.1, -0.05) is 6.07 Å². The molecule has 112 valence electrons. The number of pyridine rings is 1. The maximum absolute atomic E-state index is 12.0. The van der Waals surface area contributed by atoms with E-state index in [1.807, 2.05) is 0 Å². The van der Waals surface area contributed by atoms with Crippen molar-refractivity contribution in [3.63, 3.8) is 0 Å². The molecule has 0 saturated heterocycles. The molecule has 8 heteroatoms. The molecule has 1 aromatic rings. The third-order valence-electron chi connectivity index (χ3n) is 2.25. The Morgan fingerprint density at radius 2 is 2.15 bits per heavy atom. The molecule has 0 aliphatic rings. The van der Waals surface area contributed by atoms with Crippen molar-refractivity contribution >= 4 is 6.09 Å². The van der Waals surface area contributed by atoms with Gasteiger partial charge in [0.25, 0.3) is 0 Å². The molecule has 1 atom stereocenters. The molecule has 0 bridgehead atoms. The number of alkyl carbamates (subject to hydrolysis) is 1. The highest BCUT2D eigenvalue weighted by atomic mass is 19.4. The molecule has 0 saturated carbocycles. The van der Waals surface area contributed by atoms with Gasteiger partial charge in [-0.3, -0.25) is 0 Å². The van der Waals surface area contributed by atoms with Crippen LogP contribution >= 0.6 is 0 Å². The van der Waals surface area contributed by atoms with Crippen molar-refractivity contribution in [2.24, 2.45) is 0 Å². The van der Waals surface area contributed by atoms with E-state index in [9.17, 15) is 18.0 Å². The van der Waals surface area contributed by atoms with Gasteiger partial charge in [0.15, 0.2) is 6.61 Å². The van der Waals surface area contributed by atoms with E-state index in [2.05, 4.69) is 15.0 Å². The highest BCUT2D eigenvalue weighted by molar-refractivity contribution is 5.67. The molecule has 0 aliphatic heterocycles. The lowest BCUT2D eigenvalue weighted by molar-refractivity contribution is -0.154. The number of alkyl halides is 3. The van der Waals surface area contributed by atoms with Crippen LogP contribution in [0.4, 0.5) is 18.0 Å². The second-order valence-electron chi connectivity index (χ2n) is 3.92. The topological polar surface area (TPSA) is 60.5 Å².